The van der Waals surface area contributed by atoms with E-state index in [1.807, 2.05) is 32.0 Å². The SMILES string of the molecule is CC(C)Oc1cccc(NCCC2CCCCO2)c1N. The van der Waals surface area contributed by atoms with Crippen LogP contribution >= 0.6 is 0 Å². The van der Waals surface area contributed by atoms with E-state index >= 15 is 0 Å². The molecule has 1 heterocycles. The first-order valence-electron chi connectivity index (χ1n) is 7.57. The van der Waals surface area contributed by atoms with Gasteiger partial charge in [0.1, 0.15) is 5.75 Å². The third kappa shape index (κ3) is 4.30. The molecule has 112 valence electrons. The van der Waals surface area contributed by atoms with Gasteiger partial charge in [0.15, 0.2) is 0 Å². The quantitative estimate of drug-likeness (QED) is 0.783. The minimum atomic E-state index is 0.128. The fraction of sp³-hybridized carbons (Fsp3) is 0.625. The van der Waals surface area contributed by atoms with Gasteiger partial charge in [-0.2, -0.15) is 0 Å². The third-order valence-corrected chi connectivity index (χ3v) is 3.48. The summed E-state index contributed by atoms with van der Waals surface area (Å²) < 4.78 is 11.4. The van der Waals surface area contributed by atoms with Crippen LogP contribution < -0.4 is 15.8 Å². The molecule has 3 N–H and O–H groups in total. The summed E-state index contributed by atoms with van der Waals surface area (Å²) in [6, 6.07) is 5.86. The molecule has 0 spiro atoms. The molecule has 1 fully saturated rings. The number of benzene rings is 1. The van der Waals surface area contributed by atoms with E-state index < -0.39 is 0 Å². The molecule has 0 saturated carbocycles. The highest BCUT2D eigenvalue weighted by Gasteiger charge is 2.13. The van der Waals surface area contributed by atoms with Gasteiger partial charge >= 0.3 is 0 Å². The molecule has 1 aromatic rings. The van der Waals surface area contributed by atoms with Crippen LogP contribution in [0.25, 0.3) is 0 Å². The summed E-state index contributed by atoms with van der Waals surface area (Å²) in [5.74, 6) is 0.749. The zero-order valence-corrected chi connectivity index (χ0v) is 12.5. The molecule has 0 aromatic heterocycles. The predicted molar refractivity (Wildman–Crippen MR) is 83.3 cm³/mol. The molecule has 0 amide bonds. The lowest BCUT2D eigenvalue weighted by Crippen LogP contribution is -2.22. The lowest BCUT2D eigenvalue weighted by molar-refractivity contribution is 0.0134. The fourth-order valence-corrected chi connectivity index (χ4v) is 2.46. The molecule has 20 heavy (non-hydrogen) atoms. The Morgan fingerprint density at radius 2 is 2.25 bits per heavy atom. The highest BCUT2D eigenvalue weighted by atomic mass is 16.5. The van der Waals surface area contributed by atoms with E-state index in [1.54, 1.807) is 0 Å². The summed E-state index contributed by atoms with van der Waals surface area (Å²) in [6.45, 7) is 5.78. The van der Waals surface area contributed by atoms with Crippen LogP contribution in [-0.4, -0.2) is 25.4 Å². The average Bonchev–Trinajstić information content (AvgIpc) is 2.43. The molecule has 4 nitrogen and oxygen atoms in total. The van der Waals surface area contributed by atoms with E-state index in [0.717, 1.165) is 31.0 Å². The molecule has 0 aliphatic carbocycles. The van der Waals surface area contributed by atoms with Gasteiger partial charge in [0.25, 0.3) is 0 Å². The van der Waals surface area contributed by atoms with Crippen molar-refractivity contribution in [2.45, 2.75) is 51.7 Å². The molecule has 1 atom stereocenters. The molecule has 1 aromatic carbocycles. The van der Waals surface area contributed by atoms with E-state index in [4.69, 9.17) is 15.2 Å². The summed E-state index contributed by atoms with van der Waals surface area (Å²) >= 11 is 0. The van der Waals surface area contributed by atoms with Crippen LogP contribution in [0.15, 0.2) is 18.2 Å². The van der Waals surface area contributed by atoms with Gasteiger partial charge in [-0.25, -0.2) is 0 Å². The van der Waals surface area contributed by atoms with Crippen molar-refractivity contribution in [2.75, 3.05) is 24.2 Å². The number of para-hydroxylation sites is 1. The molecule has 2 rings (SSSR count). The lowest BCUT2D eigenvalue weighted by atomic mass is 10.1. The zero-order chi connectivity index (χ0) is 14.4. The second-order valence-electron chi connectivity index (χ2n) is 5.59. The summed E-state index contributed by atoms with van der Waals surface area (Å²) in [5, 5.41) is 3.39. The van der Waals surface area contributed by atoms with E-state index in [0.29, 0.717) is 11.8 Å². The fourth-order valence-electron chi connectivity index (χ4n) is 2.46. The number of nitrogens with one attached hydrogen (secondary N) is 1. The minimum absolute atomic E-state index is 0.128. The van der Waals surface area contributed by atoms with Crippen LogP contribution in [0.5, 0.6) is 5.75 Å². The maximum Gasteiger partial charge on any atom is 0.144 e. The molecule has 0 radical (unpaired) electrons. The molecule has 1 aliphatic heterocycles. The van der Waals surface area contributed by atoms with Gasteiger partial charge in [-0.1, -0.05) is 6.07 Å². The first kappa shape index (κ1) is 15.0. The van der Waals surface area contributed by atoms with Crippen molar-refractivity contribution in [3.63, 3.8) is 0 Å². The molecular weight excluding hydrogens is 252 g/mol. The van der Waals surface area contributed by atoms with Crippen molar-refractivity contribution < 1.29 is 9.47 Å². The molecule has 1 saturated heterocycles. The Morgan fingerprint density at radius 3 is 2.95 bits per heavy atom. The Bertz CT molecular complexity index is 415. The minimum Gasteiger partial charge on any atom is -0.489 e. The number of nitrogen functional groups attached to an aromatic ring is 1. The topological polar surface area (TPSA) is 56.5 Å². The van der Waals surface area contributed by atoms with Crippen molar-refractivity contribution in [3.8, 4) is 5.75 Å². The molecule has 4 heteroatoms. The Balaban J connectivity index is 1.85. The molecule has 0 bridgehead atoms. The zero-order valence-electron chi connectivity index (χ0n) is 12.5. The maximum absolute atomic E-state index is 6.13. The van der Waals surface area contributed by atoms with Gasteiger partial charge in [-0.3, -0.25) is 0 Å². The van der Waals surface area contributed by atoms with Crippen molar-refractivity contribution in [3.05, 3.63) is 18.2 Å². The summed E-state index contributed by atoms with van der Waals surface area (Å²) in [6.07, 6.45) is 5.20. The van der Waals surface area contributed by atoms with Crippen LogP contribution in [-0.2, 0) is 4.74 Å². The number of hydrogen-bond donors (Lipinski definition) is 2. The molecule has 1 aliphatic rings. The smallest absolute Gasteiger partial charge is 0.144 e. The Kier molecular flexibility index (Phi) is 5.53. The van der Waals surface area contributed by atoms with E-state index in [-0.39, 0.29) is 6.10 Å². The van der Waals surface area contributed by atoms with Crippen molar-refractivity contribution in [1.29, 1.82) is 0 Å². The highest BCUT2D eigenvalue weighted by Crippen LogP contribution is 2.30. The lowest BCUT2D eigenvalue weighted by Gasteiger charge is -2.23. The first-order valence-corrected chi connectivity index (χ1v) is 7.57. The largest absolute Gasteiger partial charge is 0.489 e. The van der Waals surface area contributed by atoms with Gasteiger partial charge in [0.05, 0.1) is 23.6 Å². The second kappa shape index (κ2) is 7.39. The van der Waals surface area contributed by atoms with Crippen LogP contribution in [0.1, 0.15) is 39.5 Å². The molecule has 1 unspecified atom stereocenters. The normalized spacial score (nSPS) is 19.1. The van der Waals surface area contributed by atoms with Crippen molar-refractivity contribution in [1.82, 2.24) is 0 Å². The van der Waals surface area contributed by atoms with Gasteiger partial charge < -0.3 is 20.5 Å². The van der Waals surface area contributed by atoms with Gasteiger partial charge in [-0.05, 0) is 51.7 Å². The Hall–Kier alpha value is -1.42. The number of nitrogens with two attached hydrogens (primary N) is 1. The van der Waals surface area contributed by atoms with E-state index in [1.165, 1.54) is 19.3 Å². The van der Waals surface area contributed by atoms with Crippen LogP contribution in [0.3, 0.4) is 0 Å². The van der Waals surface area contributed by atoms with Crippen LogP contribution in [0.4, 0.5) is 11.4 Å². The number of rotatable bonds is 6. The monoisotopic (exact) mass is 278 g/mol. The standard InChI is InChI=1S/C16H26N2O2/c1-12(2)20-15-8-5-7-14(16(15)17)18-10-9-13-6-3-4-11-19-13/h5,7-8,12-13,18H,3-4,6,9-11,17H2,1-2H3. The average molecular weight is 278 g/mol. The van der Waals surface area contributed by atoms with Crippen LogP contribution in [0, 0.1) is 0 Å². The van der Waals surface area contributed by atoms with Crippen LogP contribution in [0.2, 0.25) is 0 Å². The highest BCUT2D eigenvalue weighted by molar-refractivity contribution is 5.72. The summed E-state index contributed by atoms with van der Waals surface area (Å²) in [5.41, 5.74) is 7.76. The second-order valence-corrected chi connectivity index (χ2v) is 5.59. The summed E-state index contributed by atoms with van der Waals surface area (Å²) in [4.78, 5) is 0. The Morgan fingerprint density at radius 1 is 1.40 bits per heavy atom. The Labute approximate surface area is 121 Å². The molecular formula is C16H26N2O2. The first-order chi connectivity index (χ1) is 9.66. The van der Waals surface area contributed by atoms with Gasteiger partial charge in [-0.15, -0.1) is 0 Å². The number of ether oxygens (including phenoxy) is 2. The van der Waals surface area contributed by atoms with E-state index in [9.17, 15) is 0 Å². The van der Waals surface area contributed by atoms with E-state index in [2.05, 4.69) is 5.32 Å². The van der Waals surface area contributed by atoms with Gasteiger partial charge in [0.2, 0.25) is 0 Å². The number of hydrogen-bond acceptors (Lipinski definition) is 4. The number of anilines is 2. The predicted octanol–water partition coefficient (Wildman–Crippen LogP) is 3.43. The van der Waals surface area contributed by atoms with Gasteiger partial charge in [0, 0.05) is 13.2 Å². The van der Waals surface area contributed by atoms with Crippen molar-refractivity contribution in [2.24, 2.45) is 0 Å². The van der Waals surface area contributed by atoms with Crippen molar-refractivity contribution >= 4 is 11.4 Å². The summed E-state index contributed by atoms with van der Waals surface area (Å²) in [7, 11) is 0. The maximum atomic E-state index is 6.13. The third-order valence-electron chi connectivity index (χ3n) is 3.48.